The van der Waals surface area contributed by atoms with Crippen molar-refractivity contribution in [1.82, 2.24) is 14.1 Å². The summed E-state index contributed by atoms with van der Waals surface area (Å²) in [6, 6.07) is 10.00. The first-order chi connectivity index (χ1) is 17.2. The van der Waals surface area contributed by atoms with E-state index in [2.05, 4.69) is 18.1 Å². The van der Waals surface area contributed by atoms with E-state index in [0.29, 0.717) is 43.2 Å². The quantitative estimate of drug-likeness (QED) is 0.285. The molecular formula is C26H33ClFN5O2S. The van der Waals surface area contributed by atoms with Gasteiger partial charge in [0.05, 0.1) is 17.6 Å². The molecule has 0 unspecified atom stereocenters. The SMILES string of the molecule is CCCc1cc(C2CCN(S(=O)(=O)c3cnn(CCC)c3)CC2)c(Cl)cc1N(N)c1ccc(F)cc1. The van der Waals surface area contributed by atoms with Gasteiger partial charge in [-0.05, 0) is 73.1 Å². The van der Waals surface area contributed by atoms with Crippen molar-refractivity contribution in [3.05, 3.63) is 70.8 Å². The third-order valence-electron chi connectivity index (χ3n) is 6.68. The minimum Gasteiger partial charge on any atom is -0.279 e. The minimum atomic E-state index is -3.58. The van der Waals surface area contributed by atoms with E-state index < -0.39 is 10.0 Å². The zero-order valence-corrected chi connectivity index (χ0v) is 22.3. The lowest BCUT2D eigenvalue weighted by Gasteiger charge is -2.32. The number of hydrazine groups is 1. The maximum atomic E-state index is 13.4. The van der Waals surface area contributed by atoms with Gasteiger partial charge >= 0.3 is 0 Å². The highest BCUT2D eigenvalue weighted by molar-refractivity contribution is 7.89. The monoisotopic (exact) mass is 533 g/mol. The van der Waals surface area contributed by atoms with Gasteiger partial charge in [0, 0.05) is 30.9 Å². The Kier molecular flexibility index (Phi) is 8.34. The molecule has 1 aromatic heterocycles. The summed E-state index contributed by atoms with van der Waals surface area (Å²) in [7, 11) is -3.58. The average Bonchev–Trinajstić information content (AvgIpc) is 3.35. The molecule has 1 aliphatic rings. The number of hydrogen-bond donors (Lipinski definition) is 1. The van der Waals surface area contributed by atoms with Gasteiger partial charge in [0.1, 0.15) is 10.7 Å². The maximum Gasteiger partial charge on any atom is 0.246 e. The molecule has 7 nitrogen and oxygen atoms in total. The van der Waals surface area contributed by atoms with E-state index in [1.165, 1.54) is 23.3 Å². The van der Waals surface area contributed by atoms with Gasteiger partial charge in [0.25, 0.3) is 0 Å². The molecule has 10 heteroatoms. The number of hydrogen-bond acceptors (Lipinski definition) is 5. The predicted molar refractivity (Wildman–Crippen MR) is 141 cm³/mol. The zero-order chi connectivity index (χ0) is 25.9. The Bertz CT molecular complexity index is 1290. The normalized spacial score (nSPS) is 15.4. The Labute approximate surface area is 217 Å². The number of piperidine rings is 1. The van der Waals surface area contributed by atoms with Gasteiger partial charge in [-0.3, -0.25) is 9.69 Å². The minimum absolute atomic E-state index is 0.147. The largest absolute Gasteiger partial charge is 0.279 e. The number of benzene rings is 2. The third-order valence-corrected chi connectivity index (χ3v) is 8.85. The van der Waals surface area contributed by atoms with Crippen LogP contribution in [-0.2, 0) is 23.0 Å². The number of aryl methyl sites for hydroxylation is 2. The van der Waals surface area contributed by atoms with Crippen molar-refractivity contribution < 1.29 is 12.8 Å². The highest BCUT2D eigenvalue weighted by Gasteiger charge is 2.32. The van der Waals surface area contributed by atoms with Crippen molar-refractivity contribution in [1.29, 1.82) is 0 Å². The summed E-state index contributed by atoms with van der Waals surface area (Å²) in [5, 5.41) is 6.31. The Morgan fingerprint density at radius 3 is 2.47 bits per heavy atom. The van der Waals surface area contributed by atoms with E-state index in [9.17, 15) is 12.8 Å². The van der Waals surface area contributed by atoms with Gasteiger partial charge in [0.2, 0.25) is 10.0 Å². The van der Waals surface area contributed by atoms with Crippen molar-refractivity contribution in [2.24, 2.45) is 5.84 Å². The second kappa shape index (κ2) is 11.3. The zero-order valence-electron chi connectivity index (χ0n) is 20.7. The maximum absolute atomic E-state index is 13.4. The molecule has 36 heavy (non-hydrogen) atoms. The van der Waals surface area contributed by atoms with Gasteiger partial charge in [-0.2, -0.15) is 9.40 Å². The molecule has 2 N–H and O–H groups in total. The van der Waals surface area contributed by atoms with Crippen LogP contribution in [0, 0.1) is 5.82 Å². The highest BCUT2D eigenvalue weighted by atomic mass is 35.5. The van der Waals surface area contributed by atoms with Crippen molar-refractivity contribution in [2.45, 2.75) is 63.3 Å². The van der Waals surface area contributed by atoms with E-state index >= 15 is 0 Å². The third kappa shape index (κ3) is 5.59. The lowest BCUT2D eigenvalue weighted by atomic mass is 9.88. The Hall–Kier alpha value is -2.46. The highest BCUT2D eigenvalue weighted by Crippen LogP contribution is 2.39. The molecule has 3 aromatic rings. The fourth-order valence-electron chi connectivity index (χ4n) is 4.76. The number of nitrogens with zero attached hydrogens (tertiary/aromatic N) is 4. The molecular weight excluding hydrogens is 501 g/mol. The summed E-state index contributed by atoms with van der Waals surface area (Å²) < 4.78 is 42.9. The summed E-state index contributed by atoms with van der Waals surface area (Å²) in [6.45, 7) is 5.66. The standard InChI is InChI=1S/C26H33ClFN5O2S/c1-3-5-20-15-24(25(27)16-26(20)33(29)22-8-6-21(28)7-9-22)19-10-13-32(14-11-19)36(34,35)23-17-30-31(18-23)12-4-2/h6-9,15-19H,3-5,10-14,29H2,1-2H3. The van der Waals surface area contributed by atoms with E-state index in [1.807, 2.05) is 13.0 Å². The van der Waals surface area contributed by atoms with Crippen molar-refractivity contribution in [3.63, 3.8) is 0 Å². The smallest absolute Gasteiger partial charge is 0.246 e. The molecule has 2 aromatic carbocycles. The molecule has 1 saturated heterocycles. The van der Waals surface area contributed by atoms with Crippen LogP contribution in [-0.4, -0.2) is 35.6 Å². The number of nitrogens with two attached hydrogens (primary N) is 1. The van der Waals surface area contributed by atoms with Crippen LogP contribution in [0.25, 0.3) is 0 Å². The molecule has 0 aliphatic carbocycles. The van der Waals surface area contributed by atoms with Crippen LogP contribution < -0.4 is 10.9 Å². The van der Waals surface area contributed by atoms with Gasteiger partial charge in [-0.25, -0.2) is 18.7 Å². The van der Waals surface area contributed by atoms with Crippen LogP contribution in [0.15, 0.2) is 53.7 Å². The van der Waals surface area contributed by atoms with Crippen LogP contribution in [0.4, 0.5) is 15.8 Å². The van der Waals surface area contributed by atoms with Crippen LogP contribution in [0.2, 0.25) is 5.02 Å². The Morgan fingerprint density at radius 1 is 1.14 bits per heavy atom. The van der Waals surface area contributed by atoms with Gasteiger partial charge in [0.15, 0.2) is 0 Å². The molecule has 0 radical (unpaired) electrons. The second-order valence-electron chi connectivity index (χ2n) is 9.22. The molecule has 0 saturated carbocycles. The topological polar surface area (TPSA) is 84.5 Å². The van der Waals surface area contributed by atoms with Gasteiger partial charge in [-0.1, -0.05) is 37.9 Å². The average molecular weight is 534 g/mol. The van der Waals surface area contributed by atoms with Gasteiger partial charge in [-0.15, -0.1) is 0 Å². The van der Waals surface area contributed by atoms with Crippen LogP contribution in [0.1, 0.15) is 56.6 Å². The lowest BCUT2D eigenvalue weighted by molar-refractivity contribution is 0.319. The summed E-state index contributed by atoms with van der Waals surface area (Å²) in [5.41, 5.74) is 3.52. The molecule has 0 spiro atoms. The molecule has 4 rings (SSSR count). The van der Waals surface area contributed by atoms with Gasteiger partial charge < -0.3 is 0 Å². The molecule has 1 fully saturated rings. The fourth-order valence-corrected chi connectivity index (χ4v) is 6.50. The van der Waals surface area contributed by atoms with Crippen LogP contribution >= 0.6 is 11.6 Å². The van der Waals surface area contributed by atoms with E-state index in [4.69, 9.17) is 17.4 Å². The summed E-state index contributed by atoms with van der Waals surface area (Å²) >= 11 is 6.76. The Balaban J connectivity index is 1.53. The number of anilines is 2. The summed E-state index contributed by atoms with van der Waals surface area (Å²) in [6.07, 6.45) is 7.02. The molecule has 2 heterocycles. The number of halogens is 2. The lowest BCUT2D eigenvalue weighted by Crippen LogP contribution is -2.37. The van der Waals surface area contributed by atoms with Crippen molar-refractivity contribution in [3.8, 4) is 0 Å². The molecule has 0 amide bonds. The Morgan fingerprint density at radius 2 is 1.83 bits per heavy atom. The molecule has 194 valence electrons. The first-order valence-electron chi connectivity index (χ1n) is 12.4. The summed E-state index contributed by atoms with van der Waals surface area (Å²) in [4.78, 5) is 0.242. The number of aromatic nitrogens is 2. The van der Waals surface area contributed by atoms with E-state index in [1.54, 1.807) is 27.3 Å². The molecule has 0 bridgehead atoms. The first kappa shape index (κ1) is 26.6. The predicted octanol–water partition coefficient (Wildman–Crippen LogP) is 5.62. The first-order valence-corrected chi connectivity index (χ1v) is 14.2. The van der Waals surface area contributed by atoms with Crippen LogP contribution in [0.5, 0.6) is 0 Å². The van der Waals surface area contributed by atoms with Crippen LogP contribution in [0.3, 0.4) is 0 Å². The van der Waals surface area contributed by atoms with Crippen molar-refractivity contribution >= 4 is 33.0 Å². The molecule has 1 aliphatic heterocycles. The summed E-state index contributed by atoms with van der Waals surface area (Å²) in [5.74, 6) is 6.23. The second-order valence-corrected chi connectivity index (χ2v) is 11.6. The number of sulfonamides is 1. The number of rotatable bonds is 9. The van der Waals surface area contributed by atoms with E-state index in [-0.39, 0.29) is 16.6 Å². The van der Waals surface area contributed by atoms with E-state index in [0.717, 1.165) is 36.1 Å². The fraction of sp³-hybridized carbons (Fsp3) is 0.423. The molecule has 0 atom stereocenters. The van der Waals surface area contributed by atoms with Crippen molar-refractivity contribution in [2.75, 3.05) is 18.1 Å².